The van der Waals surface area contributed by atoms with Crippen molar-refractivity contribution in [1.82, 2.24) is 4.98 Å². The molecule has 22 heavy (non-hydrogen) atoms. The Balaban J connectivity index is 2.57. The van der Waals surface area contributed by atoms with Crippen LogP contribution in [0.3, 0.4) is 0 Å². The highest BCUT2D eigenvalue weighted by molar-refractivity contribution is 5.78. The van der Waals surface area contributed by atoms with Crippen molar-refractivity contribution in [3.05, 3.63) is 52.4 Å². The average molecular weight is 313 g/mol. The van der Waals surface area contributed by atoms with Crippen LogP contribution in [0.5, 0.6) is 5.75 Å². The molecule has 116 valence electrons. The van der Waals surface area contributed by atoms with Gasteiger partial charge in [0, 0.05) is 23.4 Å². The van der Waals surface area contributed by atoms with Crippen molar-refractivity contribution >= 4 is 5.97 Å². The molecule has 0 spiro atoms. The van der Waals surface area contributed by atoms with Crippen LogP contribution in [0.2, 0.25) is 0 Å². The first-order valence-electron chi connectivity index (χ1n) is 6.05. The van der Waals surface area contributed by atoms with Crippen LogP contribution in [0.1, 0.15) is 5.56 Å². The summed E-state index contributed by atoms with van der Waals surface area (Å²) in [5.74, 6) is -1.69. The molecule has 0 bridgehead atoms. The number of ether oxygens (including phenoxy) is 1. The molecule has 0 saturated carbocycles. The van der Waals surface area contributed by atoms with E-state index < -0.39 is 30.1 Å². The Morgan fingerprint density at radius 1 is 1.23 bits per heavy atom. The molecule has 0 radical (unpaired) electrons. The number of aromatic amines is 1. The number of nitrogens with one attached hydrogen (secondary N) is 1. The number of aromatic nitrogens is 1. The number of alkyl halides is 3. The Hall–Kier alpha value is -2.77. The van der Waals surface area contributed by atoms with Gasteiger partial charge in [0.05, 0.1) is 6.42 Å². The van der Waals surface area contributed by atoms with Crippen LogP contribution in [-0.4, -0.2) is 22.4 Å². The standard InChI is InChI=1S/C14H10F3NO4/c15-14(16,17)22-11-4-2-1-3-9(11)10-7-18-12(19)5-8(10)6-13(20)21/h1-5,7H,6H2,(H,18,19)(H,20,21). The minimum absolute atomic E-state index is 0.0346. The van der Waals surface area contributed by atoms with Gasteiger partial charge in [0.15, 0.2) is 0 Å². The van der Waals surface area contributed by atoms with E-state index in [9.17, 15) is 22.8 Å². The summed E-state index contributed by atoms with van der Waals surface area (Å²) in [7, 11) is 0. The monoisotopic (exact) mass is 313 g/mol. The molecule has 0 amide bonds. The Labute approximate surface area is 122 Å². The highest BCUT2D eigenvalue weighted by atomic mass is 19.4. The van der Waals surface area contributed by atoms with E-state index in [-0.39, 0.29) is 16.7 Å². The molecule has 0 aliphatic heterocycles. The number of rotatable bonds is 4. The first-order valence-corrected chi connectivity index (χ1v) is 6.05. The molecule has 0 aliphatic rings. The highest BCUT2D eigenvalue weighted by Crippen LogP contribution is 2.34. The van der Waals surface area contributed by atoms with Crippen molar-refractivity contribution in [3.63, 3.8) is 0 Å². The number of carboxylic acids is 1. The van der Waals surface area contributed by atoms with E-state index in [0.717, 1.165) is 12.1 Å². The third-order valence-corrected chi connectivity index (χ3v) is 2.75. The van der Waals surface area contributed by atoms with Crippen molar-refractivity contribution in [1.29, 1.82) is 0 Å². The third kappa shape index (κ3) is 3.87. The molecule has 0 fully saturated rings. The maximum absolute atomic E-state index is 12.4. The summed E-state index contributed by atoms with van der Waals surface area (Å²) >= 11 is 0. The SMILES string of the molecule is O=C(O)Cc1cc(=O)[nH]cc1-c1ccccc1OC(F)(F)F. The quantitative estimate of drug-likeness (QED) is 0.909. The van der Waals surface area contributed by atoms with Gasteiger partial charge >= 0.3 is 12.3 Å². The number of halogens is 3. The largest absolute Gasteiger partial charge is 0.573 e. The summed E-state index contributed by atoms with van der Waals surface area (Å²) in [6, 6.07) is 6.33. The Morgan fingerprint density at radius 3 is 2.55 bits per heavy atom. The lowest BCUT2D eigenvalue weighted by Gasteiger charge is -2.15. The number of aliphatic carboxylic acids is 1. The highest BCUT2D eigenvalue weighted by Gasteiger charge is 2.32. The van der Waals surface area contributed by atoms with Gasteiger partial charge in [-0.05, 0) is 11.6 Å². The molecule has 0 saturated heterocycles. The van der Waals surface area contributed by atoms with E-state index in [0.29, 0.717) is 0 Å². The van der Waals surface area contributed by atoms with Crippen LogP contribution >= 0.6 is 0 Å². The van der Waals surface area contributed by atoms with Crippen LogP contribution in [0.25, 0.3) is 11.1 Å². The number of para-hydroxylation sites is 1. The molecule has 1 aromatic carbocycles. The number of carboxylic acid groups (broad SMARTS) is 1. The van der Waals surface area contributed by atoms with Crippen molar-refractivity contribution in [3.8, 4) is 16.9 Å². The fourth-order valence-electron chi connectivity index (χ4n) is 1.98. The van der Waals surface area contributed by atoms with Crippen LogP contribution in [0.15, 0.2) is 41.3 Å². The molecule has 1 heterocycles. The molecule has 2 rings (SSSR count). The van der Waals surface area contributed by atoms with E-state index in [2.05, 4.69) is 9.72 Å². The minimum atomic E-state index is -4.88. The van der Waals surface area contributed by atoms with Gasteiger partial charge in [-0.3, -0.25) is 9.59 Å². The van der Waals surface area contributed by atoms with Crippen molar-refractivity contribution in [2.75, 3.05) is 0 Å². The Bertz CT molecular complexity index is 752. The number of hydrogen-bond acceptors (Lipinski definition) is 3. The van der Waals surface area contributed by atoms with E-state index in [4.69, 9.17) is 5.11 Å². The average Bonchev–Trinajstić information content (AvgIpc) is 2.37. The number of H-pyrrole nitrogens is 1. The fraction of sp³-hybridized carbons (Fsp3) is 0.143. The first-order chi connectivity index (χ1) is 10.3. The molecule has 5 nitrogen and oxygen atoms in total. The van der Waals surface area contributed by atoms with E-state index in [1.165, 1.54) is 24.4 Å². The summed E-state index contributed by atoms with van der Waals surface area (Å²) in [5.41, 5.74) is -0.266. The molecule has 2 aromatic rings. The number of benzene rings is 1. The second-order valence-corrected chi connectivity index (χ2v) is 4.35. The zero-order valence-corrected chi connectivity index (χ0v) is 11.0. The van der Waals surface area contributed by atoms with Crippen molar-refractivity contribution in [2.45, 2.75) is 12.8 Å². The Morgan fingerprint density at radius 2 is 1.91 bits per heavy atom. The Kier molecular flexibility index (Phi) is 4.20. The molecule has 8 heteroatoms. The summed E-state index contributed by atoms with van der Waals surface area (Å²) < 4.78 is 41.3. The number of pyridine rings is 1. The smallest absolute Gasteiger partial charge is 0.481 e. The lowest BCUT2D eigenvalue weighted by atomic mass is 9.99. The van der Waals surface area contributed by atoms with E-state index >= 15 is 0 Å². The zero-order chi connectivity index (χ0) is 16.3. The number of hydrogen-bond donors (Lipinski definition) is 2. The van der Waals surface area contributed by atoms with Gasteiger partial charge < -0.3 is 14.8 Å². The summed E-state index contributed by atoms with van der Waals surface area (Å²) in [6.07, 6.45) is -4.22. The second-order valence-electron chi connectivity index (χ2n) is 4.35. The van der Waals surface area contributed by atoms with Gasteiger partial charge in [-0.25, -0.2) is 0 Å². The van der Waals surface area contributed by atoms with Gasteiger partial charge in [0.1, 0.15) is 5.75 Å². The lowest BCUT2D eigenvalue weighted by molar-refractivity contribution is -0.274. The lowest BCUT2D eigenvalue weighted by Crippen LogP contribution is -2.18. The minimum Gasteiger partial charge on any atom is -0.481 e. The maximum Gasteiger partial charge on any atom is 0.573 e. The predicted molar refractivity (Wildman–Crippen MR) is 70.5 cm³/mol. The normalized spacial score (nSPS) is 11.2. The van der Waals surface area contributed by atoms with Crippen molar-refractivity contribution in [2.24, 2.45) is 0 Å². The van der Waals surface area contributed by atoms with Crippen LogP contribution in [0, 0.1) is 0 Å². The van der Waals surface area contributed by atoms with Gasteiger partial charge in [0.25, 0.3) is 0 Å². The molecule has 0 aliphatic carbocycles. The van der Waals surface area contributed by atoms with E-state index in [1.807, 2.05) is 0 Å². The maximum atomic E-state index is 12.4. The topological polar surface area (TPSA) is 79.4 Å². The molecule has 2 N–H and O–H groups in total. The van der Waals surface area contributed by atoms with Gasteiger partial charge in [-0.2, -0.15) is 0 Å². The van der Waals surface area contributed by atoms with Gasteiger partial charge in [-0.1, -0.05) is 18.2 Å². The summed E-state index contributed by atoms with van der Waals surface area (Å²) in [5, 5.41) is 8.86. The number of carbonyl (C=O) groups is 1. The molecule has 1 aromatic heterocycles. The van der Waals surface area contributed by atoms with Gasteiger partial charge in [-0.15, -0.1) is 13.2 Å². The van der Waals surface area contributed by atoms with Crippen molar-refractivity contribution < 1.29 is 27.8 Å². The van der Waals surface area contributed by atoms with E-state index in [1.54, 1.807) is 0 Å². The summed E-state index contributed by atoms with van der Waals surface area (Å²) in [6.45, 7) is 0. The van der Waals surface area contributed by atoms with Crippen LogP contribution in [0.4, 0.5) is 13.2 Å². The molecular formula is C14H10F3NO4. The molecule has 0 atom stereocenters. The van der Waals surface area contributed by atoms with Gasteiger partial charge in [0.2, 0.25) is 5.56 Å². The van der Waals surface area contributed by atoms with Crippen LogP contribution in [-0.2, 0) is 11.2 Å². The zero-order valence-electron chi connectivity index (χ0n) is 11.0. The fourth-order valence-corrected chi connectivity index (χ4v) is 1.98. The van der Waals surface area contributed by atoms with Crippen LogP contribution < -0.4 is 10.3 Å². The first kappa shape index (κ1) is 15.6. The summed E-state index contributed by atoms with van der Waals surface area (Å²) in [4.78, 5) is 24.5. The predicted octanol–water partition coefficient (Wildman–Crippen LogP) is 2.57. The molecule has 0 unspecified atom stereocenters. The second kappa shape index (κ2) is 5.92. The molecular weight excluding hydrogens is 303 g/mol. The third-order valence-electron chi connectivity index (χ3n) is 2.75.